The fourth-order valence-corrected chi connectivity index (χ4v) is 0.838. The second-order valence-corrected chi connectivity index (χ2v) is 2.57. The second kappa shape index (κ2) is 51.5. The Bertz CT molecular complexity index is 187. The summed E-state index contributed by atoms with van der Waals surface area (Å²) < 4.78 is 0. The van der Waals surface area contributed by atoms with Gasteiger partial charge in [-0.1, -0.05) is 44.2 Å². The van der Waals surface area contributed by atoms with Gasteiger partial charge in [-0.25, -0.2) is 0 Å². The van der Waals surface area contributed by atoms with Crippen LogP contribution in [0.4, 0.5) is 0 Å². The standard InChI is InChI=1S/C9H12.5H2O2.V/c1-8(2)9-6-4-3-5-7-9;5*1-2;/h3-8H,1-2H3;5*1-2H;/p-5. The maximum absolute atomic E-state index is 7.25. The first-order valence-electron chi connectivity index (χ1n) is 4.27. The second-order valence-electron chi connectivity index (χ2n) is 2.57. The van der Waals surface area contributed by atoms with Crippen molar-refractivity contribution in [3.05, 3.63) is 35.9 Å². The van der Waals surface area contributed by atoms with Crippen molar-refractivity contribution in [2.45, 2.75) is 19.8 Å². The zero-order valence-electron chi connectivity index (χ0n) is 10.7. The molecule has 1 aromatic carbocycles. The van der Waals surface area contributed by atoms with Gasteiger partial charge in [0.15, 0.2) is 0 Å². The third-order valence-corrected chi connectivity index (χ3v) is 1.47. The summed E-state index contributed by atoms with van der Waals surface area (Å²) in [6, 6.07) is 10.5. The fraction of sp³-hybridized carbons (Fsp3) is 0.333. The Morgan fingerprint density at radius 2 is 0.900 bits per heavy atom. The summed E-state index contributed by atoms with van der Waals surface area (Å²) in [7, 11) is 0. The van der Waals surface area contributed by atoms with Crippen molar-refractivity contribution in [2.75, 3.05) is 0 Å². The molecule has 20 heavy (non-hydrogen) atoms. The first-order chi connectivity index (χ1) is 9.30. The van der Waals surface area contributed by atoms with Crippen LogP contribution in [0.15, 0.2) is 30.3 Å². The number of rotatable bonds is 1. The molecule has 0 bridgehead atoms. The van der Waals surface area contributed by atoms with Crippen molar-refractivity contribution in [1.82, 2.24) is 0 Å². The van der Waals surface area contributed by atoms with Crippen LogP contribution in [0.5, 0.6) is 0 Å². The van der Waals surface area contributed by atoms with Crippen molar-refractivity contribution < 1.29 is 71.1 Å². The zero-order valence-corrected chi connectivity index (χ0v) is 12.1. The van der Waals surface area contributed by atoms with Gasteiger partial charge in [0, 0.05) is 18.6 Å². The van der Waals surface area contributed by atoms with Crippen LogP contribution in [-0.4, -0.2) is 26.3 Å². The molecule has 0 aliphatic heterocycles. The van der Waals surface area contributed by atoms with Crippen molar-refractivity contribution >= 4 is 0 Å². The molecule has 1 aromatic rings. The average molecular weight is 336 g/mol. The molecule has 11 heteroatoms. The van der Waals surface area contributed by atoms with Gasteiger partial charge in [0.05, 0.1) is 0 Å². The normalized spacial score (nSPS) is 6.05. The quantitative estimate of drug-likeness (QED) is 0.257. The molecule has 123 valence electrons. The first-order valence-corrected chi connectivity index (χ1v) is 4.27. The van der Waals surface area contributed by atoms with E-state index in [2.05, 4.69) is 38.1 Å². The van der Waals surface area contributed by atoms with Crippen molar-refractivity contribution in [3.63, 3.8) is 0 Å². The van der Waals surface area contributed by atoms with E-state index in [4.69, 9.17) is 52.6 Å². The summed E-state index contributed by atoms with van der Waals surface area (Å²) >= 11 is 0. The smallest absolute Gasteiger partial charge is 0 e. The Balaban J connectivity index is -0.0000000384. The van der Waals surface area contributed by atoms with E-state index in [9.17, 15) is 0 Å². The van der Waals surface area contributed by atoms with E-state index in [1.54, 1.807) is 0 Å². The minimum atomic E-state index is 0. The van der Waals surface area contributed by atoms with E-state index >= 15 is 0 Å². The number of hydrogen-bond donors (Lipinski definition) is 5. The molecule has 1 rings (SSSR count). The van der Waals surface area contributed by atoms with Crippen LogP contribution < -0.4 is 26.3 Å². The molecule has 0 saturated heterocycles. The van der Waals surface area contributed by atoms with E-state index < -0.39 is 0 Å². The van der Waals surface area contributed by atoms with Crippen molar-refractivity contribution in [3.8, 4) is 0 Å². The Labute approximate surface area is 127 Å². The largest absolute Gasteiger partial charge is 0.727 e. The van der Waals surface area contributed by atoms with Gasteiger partial charge < -0.3 is 52.6 Å². The van der Waals surface area contributed by atoms with Crippen LogP contribution >= 0.6 is 0 Å². The molecule has 0 atom stereocenters. The van der Waals surface area contributed by atoms with Gasteiger partial charge in [-0.3, -0.25) is 0 Å². The maximum Gasteiger partial charge on any atom is 0 e. The van der Waals surface area contributed by atoms with Gasteiger partial charge in [0.25, 0.3) is 0 Å². The molecule has 5 N–H and O–H groups in total. The maximum atomic E-state index is 7.25. The molecular weight excluding hydrogens is 319 g/mol. The Hall–Kier alpha value is -0.596. The minimum Gasteiger partial charge on any atom is -0.727 e. The van der Waals surface area contributed by atoms with Gasteiger partial charge in [-0.15, -0.1) is 0 Å². The SMILES string of the molecule is CC(C)c1ccccc1.[O-]O.[O-]O.[O-]O.[O-]O.[O-]O.[V]. The summed E-state index contributed by atoms with van der Waals surface area (Å²) in [5.74, 6) is 0.659. The van der Waals surface area contributed by atoms with Crippen LogP contribution in [-0.2, 0) is 18.6 Å². The van der Waals surface area contributed by atoms with E-state index in [1.807, 2.05) is 6.07 Å². The summed E-state index contributed by atoms with van der Waals surface area (Å²) in [4.78, 5) is 0. The molecule has 0 aromatic heterocycles. The fourth-order valence-electron chi connectivity index (χ4n) is 0.838. The molecule has 0 saturated carbocycles. The summed E-state index contributed by atoms with van der Waals surface area (Å²) in [5.41, 5.74) is 1.41. The average Bonchev–Trinajstić information content (AvgIpc) is 2.57. The van der Waals surface area contributed by atoms with E-state index in [0.717, 1.165) is 0 Å². The van der Waals surface area contributed by atoms with Crippen molar-refractivity contribution in [2.24, 2.45) is 0 Å². The molecule has 1 radical (unpaired) electrons. The predicted octanol–water partition coefficient (Wildman–Crippen LogP) is -3.09. The van der Waals surface area contributed by atoms with E-state index in [-0.39, 0.29) is 18.6 Å². The number of hydrogen-bond acceptors (Lipinski definition) is 10. The van der Waals surface area contributed by atoms with Gasteiger partial charge in [-0.2, -0.15) is 0 Å². The predicted molar refractivity (Wildman–Crippen MR) is 53.7 cm³/mol. The third-order valence-electron chi connectivity index (χ3n) is 1.47. The summed E-state index contributed by atoms with van der Waals surface area (Å²) in [5, 5.41) is 65.0. The number of benzene rings is 1. The Kier molecular flexibility index (Phi) is 94.2. The van der Waals surface area contributed by atoms with Crippen molar-refractivity contribution in [1.29, 1.82) is 0 Å². The zero-order chi connectivity index (χ0) is 16.7. The van der Waals surface area contributed by atoms with Crippen LogP contribution in [0.1, 0.15) is 25.3 Å². The molecular formula is C9H17O10V-5. The third kappa shape index (κ3) is 36.0. The summed E-state index contributed by atoms with van der Waals surface area (Å²) in [6.45, 7) is 4.41. The van der Waals surface area contributed by atoms with Gasteiger partial charge in [0.1, 0.15) is 0 Å². The Morgan fingerprint density at radius 1 is 0.650 bits per heavy atom. The monoisotopic (exact) mass is 336 g/mol. The van der Waals surface area contributed by atoms with Gasteiger partial charge >= 0.3 is 0 Å². The summed E-state index contributed by atoms with van der Waals surface area (Å²) in [6.07, 6.45) is 0. The topological polar surface area (TPSA) is 216 Å². The molecule has 0 aliphatic carbocycles. The molecule has 0 fully saturated rings. The van der Waals surface area contributed by atoms with E-state index in [0.29, 0.717) is 5.92 Å². The minimum absolute atomic E-state index is 0. The molecule has 0 spiro atoms. The van der Waals surface area contributed by atoms with Crippen LogP contribution in [0.2, 0.25) is 0 Å². The molecule has 0 amide bonds. The van der Waals surface area contributed by atoms with Gasteiger partial charge in [-0.05, 0) is 11.5 Å². The van der Waals surface area contributed by atoms with Crippen LogP contribution in [0, 0.1) is 0 Å². The van der Waals surface area contributed by atoms with Crippen LogP contribution in [0.25, 0.3) is 0 Å². The molecule has 0 aliphatic rings. The molecule has 10 nitrogen and oxygen atoms in total. The Morgan fingerprint density at radius 3 is 1.05 bits per heavy atom. The van der Waals surface area contributed by atoms with Crippen LogP contribution in [0.3, 0.4) is 0 Å². The van der Waals surface area contributed by atoms with E-state index in [1.165, 1.54) is 5.56 Å². The first kappa shape index (κ1) is 36.6. The van der Waals surface area contributed by atoms with Gasteiger partial charge in [0.2, 0.25) is 0 Å². The molecule has 0 heterocycles. The molecule has 0 unspecified atom stereocenters.